The molecule has 2 heterocycles. The van der Waals surface area contributed by atoms with Crippen molar-refractivity contribution >= 4 is 23.3 Å². The van der Waals surface area contributed by atoms with E-state index in [9.17, 15) is 9.59 Å². The third-order valence-corrected chi connectivity index (χ3v) is 6.90. The summed E-state index contributed by atoms with van der Waals surface area (Å²) in [6, 6.07) is 21.5. The highest BCUT2D eigenvalue weighted by Gasteiger charge is 2.27. The van der Waals surface area contributed by atoms with E-state index in [1.54, 1.807) is 17.2 Å². The van der Waals surface area contributed by atoms with Crippen LogP contribution in [0.2, 0.25) is 0 Å². The molecule has 3 aromatic rings. The molecule has 7 heteroatoms. The van der Waals surface area contributed by atoms with Crippen LogP contribution in [0, 0.1) is 6.92 Å². The van der Waals surface area contributed by atoms with E-state index in [4.69, 9.17) is 0 Å². The number of nitrogens with one attached hydrogen (secondary N) is 2. The predicted molar refractivity (Wildman–Crippen MR) is 144 cm³/mol. The van der Waals surface area contributed by atoms with Crippen LogP contribution in [0.3, 0.4) is 0 Å². The summed E-state index contributed by atoms with van der Waals surface area (Å²) in [5, 5.41) is 6.42. The molecule has 1 fully saturated rings. The van der Waals surface area contributed by atoms with Crippen LogP contribution in [0.25, 0.3) is 0 Å². The third-order valence-electron chi connectivity index (χ3n) is 6.90. The highest BCUT2D eigenvalue weighted by Crippen LogP contribution is 2.22. The first-order chi connectivity index (χ1) is 17.3. The standard InChI is InChI=1S/C29H35N5O2/c1-20-10-12-23(13-11-20)21(2)16-31-28(24-8-6-5-7-9-24)29(36)32-26-15-14-25(17-30-26)34-18-22(3)33(4)27(35)19-34/h5-15,17,21-22,28,31H,16,18-19H2,1-4H3,(H,30,32,36)/t21?,22?,28-/m0/s1. The molecule has 4 rings (SSSR count). The molecule has 0 saturated carbocycles. The minimum Gasteiger partial charge on any atom is -0.359 e. The molecule has 0 spiro atoms. The molecular weight excluding hydrogens is 450 g/mol. The van der Waals surface area contributed by atoms with E-state index in [2.05, 4.69) is 53.7 Å². The van der Waals surface area contributed by atoms with Crippen LogP contribution in [0.15, 0.2) is 72.9 Å². The van der Waals surface area contributed by atoms with Crippen molar-refractivity contribution < 1.29 is 9.59 Å². The maximum absolute atomic E-state index is 13.3. The number of likely N-dealkylation sites (N-methyl/N-ethyl adjacent to an activating group) is 1. The summed E-state index contributed by atoms with van der Waals surface area (Å²) in [6.07, 6.45) is 1.71. The summed E-state index contributed by atoms with van der Waals surface area (Å²) >= 11 is 0. The maximum atomic E-state index is 13.3. The molecule has 2 aromatic carbocycles. The number of piperazine rings is 1. The topological polar surface area (TPSA) is 77.6 Å². The van der Waals surface area contributed by atoms with Crippen molar-refractivity contribution in [3.05, 3.63) is 89.6 Å². The van der Waals surface area contributed by atoms with Crippen LogP contribution < -0.4 is 15.5 Å². The van der Waals surface area contributed by atoms with Crippen molar-refractivity contribution in [3.63, 3.8) is 0 Å². The minimum absolute atomic E-state index is 0.0859. The lowest BCUT2D eigenvalue weighted by atomic mass is 9.98. The normalized spacial score (nSPS) is 17.6. The Hall–Kier alpha value is -3.71. The second-order valence-electron chi connectivity index (χ2n) is 9.69. The Labute approximate surface area is 213 Å². The second-order valence-corrected chi connectivity index (χ2v) is 9.69. The summed E-state index contributed by atoms with van der Waals surface area (Å²) in [4.78, 5) is 33.8. The number of carbonyl (C=O) groups excluding carboxylic acids is 2. The monoisotopic (exact) mass is 485 g/mol. The Morgan fingerprint density at radius 2 is 1.78 bits per heavy atom. The Morgan fingerprint density at radius 1 is 1.06 bits per heavy atom. The van der Waals surface area contributed by atoms with Gasteiger partial charge < -0.3 is 20.4 Å². The van der Waals surface area contributed by atoms with Gasteiger partial charge in [-0.1, -0.05) is 67.1 Å². The van der Waals surface area contributed by atoms with Gasteiger partial charge in [-0.2, -0.15) is 0 Å². The molecule has 1 aliphatic rings. The first-order valence-electron chi connectivity index (χ1n) is 12.4. The van der Waals surface area contributed by atoms with Crippen LogP contribution in [0.5, 0.6) is 0 Å². The fourth-order valence-electron chi connectivity index (χ4n) is 4.38. The van der Waals surface area contributed by atoms with E-state index < -0.39 is 6.04 Å². The van der Waals surface area contributed by atoms with Gasteiger partial charge in [-0.3, -0.25) is 9.59 Å². The Morgan fingerprint density at radius 3 is 2.42 bits per heavy atom. The Bertz CT molecular complexity index is 1160. The molecule has 2 N–H and O–H groups in total. The lowest BCUT2D eigenvalue weighted by Gasteiger charge is -2.38. The SMILES string of the molecule is Cc1ccc(C(C)CN[C@H](C(=O)Nc2ccc(N3CC(=O)N(C)C(C)C3)cn2)c2ccccc2)cc1. The number of nitrogens with zero attached hydrogens (tertiary/aromatic N) is 3. The van der Waals surface area contributed by atoms with Crippen molar-refractivity contribution in [2.24, 2.45) is 0 Å². The molecule has 2 amide bonds. The number of hydrogen-bond donors (Lipinski definition) is 2. The molecule has 7 nitrogen and oxygen atoms in total. The summed E-state index contributed by atoms with van der Waals surface area (Å²) in [7, 11) is 1.83. The number of hydrogen-bond acceptors (Lipinski definition) is 5. The zero-order valence-electron chi connectivity index (χ0n) is 21.4. The minimum atomic E-state index is -0.517. The molecule has 0 aliphatic carbocycles. The van der Waals surface area contributed by atoms with Gasteiger partial charge in [0.05, 0.1) is 18.4 Å². The predicted octanol–water partition coefficient (Wildman–Crippen LogP) is 4.13. The molecule has 2 unspecified atom stereocenters. The molecule has 3 atom stereocenters. The fraction of sp³-hybridized carbons (Fsp3) is 0.345. The van der Waals surface area contributed by atoms with Gasteiger partial charge in [-0.25, -0.2) is 4.98 Å². The highest BCUT2D eigenvalue weighted by molar-refractivity contribution is 5.95. The molecule has 1 saturated heterocycles. The van der Waals surface area contributed by atoms with Gasteiger partial charge in [0, 0.05) is 26.2 Å². The first kappa shape index (κ1) is 25.4. The van der Waals surface area contributed by atoms with E-state index in [1.165, 1.54) is 11.1 Å². The summed E-state index contributed by atoms with van der Waals surface area (Å²) in [6.45, 7) is 7.98. The van der Waals surface area contributed by atoms with Crippen molar-refractivity contribution in [2.45, 2.75) is 38.8 Å². The zero-order valence-corrected chi connectivity index (χ0v) is 21.4. The maximum Gasteiger partial charge on any atom is 0.247 e. The average Bonchev–Trinajstić information content (AvgIpc) is 2.88. The summed E-state index contributed by atoms with van der Waals surface area (Å²) in [5.41, 5.74) is 4.22. The Kier molecular flexibility index (Phi) is 8.00. The van der Waals surface area contributed by atoms with E-state index in [1.807, 2.05) is 55.3 Å². The largest absolute Gasteiger partial charge is 0.359 e. The first-order valence-corrected chi connectivity index (χ1v) is 12.4. The van der Waals surface area contributed by atoms with E-state index in [-0.39, 0.29) is 23.8 Å². The van der Waals surface area contributed by atoms with Gasteiger partial charge in [-0.05, 0) is 43.0 Å². The number of rotatable bonds is 8. The van der Waals surface area contributed by atoms with E-state index in [0.717, 1.165) is 17.8 Å². The average molecular weight is 486 g/mol. The van der Waals surface area contributed by atoms with E-state index >= 15 is 0 Å². The number of anilines is 2. The van der Waals surface area contributed by atoms with Crippen LogP contribution in [-0.2, 0) is 9.59 Å². The smallest absolute Gasteiger partial charge is 0.247 e. The molecule has 1 aliphatic heterocycles. The number of aryl methyl sites for hydroxylation is 1. The number of amides is 2. The molecular formula is C29H35N5O2. The van der Waals surface area contributed by atoms with Crippen molar-refractivity contribution in [1.82, 2.24) is 15.2 Å². The van der Waals surface area contributed by atoms with Crippen LogP contribution in [-0.4, -0.2) is 54.4 Å². The number of benzene rings is 2. The molecule has 1 aromatic heterocycles. The summed E-state index contributed by atoms with van der Waals surface area (Å²) < 4.78 is 0. The van der Waals surface area contributed by atoms with Gasteiger partial charge >= 0.3 is 0 Å². The van der Waals surface area contributed by atoms with Gasteiger partial charge in [0.25, 0.3) is 0 Å². The molecule has 0 bridgehead atoms. The summed E-state index contributed by atoms with van der Waals surface area (Å²) in [5.74, 6) is 0.644. The van der Waals surface area contributed by atoms with Crippen LogP contribution in [0.1, 0.15) is 42.5 Å². The quantitative estimate of drug-likeness (QED) is 0.502. The van der Waals surface area contributed by atoms with Crippen molar-refractivity contribution in [2.75, 3.05) is 36.9 Å². The molecule has 188 valence electrons. The third kappa shape index (κ3) is 6.10. The molecule has 0 radical (unpaired) electrons. The van der Waals surface area contributed by atoms with Gasteiger partial charge in [0.15, 0.2) is 0 Å². The van der Waals surface area contributed by atoms with E-state index in [0.29, 0.717) is 18.9 Å². The van der Waals surface area contributed by atoms with Crippen LogP contribution in [0.4, 0.5) is 11.5 Å². The fourth-order valence-corrected chi connectivity index (χ4v) is 4.38. The van der Waals surface area contributed by atoms with Crippen molar-refractivity contribution in [1.29, 1.82) is 0 Å². The lowest BCUT2D eigenvalue weighted by molar-refractivity contribution is -0.131. The number of aromatic nitrogens is 1. The van der Waals surface area contributed by atoms with Gasteiger partial charge in [-0.15, -0.1) is 0 Å². The second kappa shape index (κ2) is 11.4. The van der Waals surface area contributed by atoms with Crippen LogP contribution >= 0.6 is 0 Å². The number of pyridine rings is 1. The number of carbonyl (C=O) groups is 2. The van der Waals surface area contributed by atoms with Gasteiger partial charge in [0.2, 0.25) is 11.8 Å². The highest BCUT2D eigenvalue weighted by atomic mass is 16.2. The van der Waals surface area contributed by atoms with Crippen molar-refractivity contribution in [3.8, 4) is 0 Å². The zero-order chi connectivity index (χ0) is 25.7. The molecule has 36 heavy (non-hydrogen) atoms. The van der Waals surface area contributed by atoms with Gasteiger partial charge in [0.1, 0.15) is 11.9 Å². The Balaban J connectivity index is 1.43. The lowest BCUT2D eigenvalue weighted by Crippen LogP contribution is -2.53.